The number of likely N-dealkylation sites (N-methyl/N-ethyl adjacent to an activating group) is 2. The largest absolute Gasteiger partial charge is 0.493 e. The molecule has 8 rings (SSSR count). The van der Waals surface area contributed by atoms with E-state index >= 15 is 0 Å². The molecule has 0 spiro atoms. The molecule has 9 heteroatoms. The van der Waals surface area contributed by atoms with Crippen LogP contribution in [0.2, 0.25) is 0 Å². The first-order valence-electron chi connectivity index (χ1n) is 17.8. The van der Waals surface area contributed by atoms with Gasteiger partial charge in [-0.3, -0.25) is 9.80 Å². The summed E-state index contributed by atoms with van der Waals surface area (Å²) < 4.78 is 37.3. The molecule has 6 bridgehead atoms. The zero-order valence-corrected chi connectivity index (χ0v) is 30.7. The fraction of sp³-hybridized carbons (Fsp3) is 0.326. The van der Waals surface area contributed by atoms with Crippen LogP contribution in [0.1, 0.15) is 52.4 Å². The Morgan fingerprint density at radius 3 is 2.12 bits per heavy atom. The monoisotopic (exact) mass is 702 g/mol. The lowest BCUT2D eigenvalue weighted by atomic mass is 9.87. The SMILES string of the molecule is C/C=C/C=C/C(=O)Oc1c(OC)cc2c3c1Oc1cc4c(cc1OC)CCN(C)[C@H]4Cc1ccc(cc1)Oc1cc(ccc1OC)C[C@@H]3N(C)CC2. The van der Waals surface area contributed by atoms with Crippen molar-refractivity contribution in [3.63, 3.8) is 0 Å². The summed E-state index contributed by atoms with van der Waals surface area (Å²) in [7, 11) is 9.18. The Kier molecular flexibility index (Phi) is 10.2. The Morgan fingerprint density at radius 1 is 0.731 bits per heavy atom. The van der Waals surface area contributed by atoms with E-state index in [-0.39, 0.29) is 17.8 Å². The number of fused-ring (bicyclic) bond motifs is 2. The molecule has 0 aromatic heterocycles. The topological polar surface area (TPSA) is 78.9 Å². The van der Waals surface area contributed by atoms with Gasteiger partial charge in [0.1, 0.15) is 5.75 Å². The molecule has 270 valence electrons. The number of hydrogen-bond donors (Lipinski definition) is 0. The number of hydrogen-bond acceptors (Lipinski definition) is 9. The number of methoxy groups -OCH3 is 3. The second-order valence-electron chi connectivity index (χ2n) is 13.6. The Bertz CT molecular complexity index is 2020. The quantitative estimate of drug-likeness (QED) is 0.0856. The molecule has 0 radical (unpaired) electrons. The first-order chi connectivity index (χ1) is 25.3. The fourth-order valence-corrected chi connectivity index (χ4v) is 7.56. The highest BCUT2D eigenvalue weighted by Gasteiger charge is 2.35. The third-order valence-corrected chi connectivity index (χ3v) is 10.4. The summed E-state index contributed by atoms with van der Waals surface area (Å²) in [6, 6.07) is 20.5. The molecule has 4 heterocycles. The maximum Gasteiger partial charge on any atom is 0.336 e. The van der Waals surface area contributed by atoms with Gasteiger partial charge in [-0.05, 0) is 117 Å². The van der Waals surface area contributed by atoms with Gasteiger partial charge in [0.05, 0.1) is 21.3 Å². The molecular weight excluding hydrogens is 656 g/mol. The molecule has 0 fully saturated rings. The molecule has 52 heavy (non-hydrogen) atoms. The van der Waals surface area contributed by atoms with Crippen molar-refractivity contribution in [2.24, 2.45) is 0 Å². The van der Waals surface area contributed by atoms with Crippen LogP contribution in [0.15, 0.2) is 85.0 Å². The van der Waals surface area contributed by atoms with Gasteiger partial charge < -0.3 is 28.4 Å². The van der Waals surface area contributed by atoms with E-state index in [1.54, 1.807) is 33.5 Å². The maximum atomic E-state index is 13.3. The average molecular weight is 703 g/mol. The fourth-order valence-electron chi connectivity index (χ4n) is 7.56. The maximum absolute atomic E-state index is 13.3. The molecule has 0 unspecified atom stereocenters. The average Bonchev–Trinajstić information content (AvgIpc) is 3.15. The minimum absolute atomic E-state index is 0.0894. The van der Waals surface area contributed by atoms with Crippen LogP contribution in [0.4, 0.5) is 0 Å². The van der Waals surface area contributed by atoms with E-state index in [1.807, 2.05) is 43.3 Å². The van der Waals surface area contributed by atoms with Gasteiger partial charge in [0.15, 0.2) is 34.5 Å². The first kappa shape index (κ1) is 35.2. The first-order valence-corrected chi connectivity index (χ1v) is 17.8. The summed E-state index contributed by atoms with van der Waals surface area (Å²) in [5.74, 6) is 3.71. The predicted octanol–water partition coefficient (Wildman–Crippen LogP) is 8.19. The predicted molar refractivity (Wildman–Crippen MR) is 201 cm³/mol. The highest BCUT2D eigenvalue weighted by atomic mass is 16.6. The molecule has 4 aromatic rings. The molecule has 4 aromatic carbocycles. The second-order valence-corrected chi connectivity index (χ2v) is 13.6. The van der Waals surface area contributed by atoms with Crippen molar-refractivity contribution in [1.82, 2.24) is 9.80 Å². The van der Waals surface area contributed by atoms with Crippen LogP contribution in [0.3, 0.4) is 0 Å². The van der Waals surface area contributed by atoms with Crippen molar-refractivity contribution in [1.29, 1.82) is 0 Å². The lowest BCUT2D eigenvalue weighted by Crippen LogP contribution is -2.34. The molecule has 2 atom stereocenters. The van der Waals surface area contributed by atoms with Crippen molar-refractivity contribution < 1.29 is 33.2 Å². The van der Waals surface area contributed by atoms with Gasteiger partial charge in [-0.25, -0.2) is 4.79 Å². The van der Waals surface area contributed by atoms with Crippen molar-refractivity contribution in [2.75, 3.05) is 48.5 Å². The molecule has 0 aliphatic carbocycles. The molecule has 0 saturated carbocycles. The Labute approximate surface area is 306 Å². The van der Waals surface area contributed by atoms with Crippen molar-refractivity contribution in [3.05, 3.63) is 118 Å². The van der Waals surface area contributed by atoms with Crippen LogP contribution in [-0.2, 0) is 30.5 Å². The van der Waals surface area contributed by atoms with E-state index in [0.29, 0.717) is 40.9 Å². The summed E-state index contributed by atoms with van der Waals surface area (Å²) in [6.45, 7) is 3.61. The van der Waals surface area contributed by atoms with E-state index in [2.05, 4.69) is 54.2 Å². The molecular formula is C43H46N2O7. The molecule has 4 aliphatic rings. The van der Waals surface area contributed by atoms with Gasteiger partial charge in [-0.2, -0.15) is 0 Å². The van der Waals surface area contributed by atoms with Gasteiger partial charge in [-0.1, -0.05) is 36.4 Å². The van der Waals surface area contributed by atoms with Gasteiger partial charge >= 0.3 is 5.97 Å². The lowest BCUT2D eigenvalue weighted by molar-refractivity contribution is -0.129. The van der Waals surface area contributed by atoms with Gasteiger partial charge in [0.2, 0.25) is 5.75 Å². The summed E-state index contributed by atoms with van der Waals surface area (Å²) in [6.07, 6.45) is 9.71. The molecule has 0 amide bonds. The molecule has 9 nitrogen and oxygen atoms in total. The smallest absolute Gasteiger partial charge is 0.336 e. The molecule has 0 N–H and O–H groups in total. The Hall–Kier alpha value is -5.25. The lowest BCUT2D eigenvalue weighted by Gasteiger charge is -2.37. The van der Waals surface area contributed by atoms with Crippen molar-refractivity contribution in [2.45, 2.75) is 44.7 Å². The van der Waals surface area contributed by atoms with E-state index in [1.165, 1.54) is 22.8 Å². The normalized spacial score (nSPS) is 18.6. The number of rotatable bonds is 6. The zero-order valence-electron chi connectivity index (χ0n) is 30.7. The number of benzene rings is 4. The third kappa shape index (κ3) is 6.98. The Balaban J connectivity index is 1.47. The van der Waals surface area contributed by atoms with Crippen LogP contribution in [-0.4, -0.2) is 64.3 Å². The number of esters is 1. The van der Waals surface area contributed by atoms with E-state index < -0.39 is 5.97 Å². The Morgan fingerprint density at radius 2 is 1.38 bits per heavy atom. The van der Waals surface area contributed by atoms with Gasteiger partial charge in [-0.15, -0.1) is 0 Å². The van der Waals surface area contributed by atoms with Crippen LogP contribution in [0.25, 0.3) is 0 Å². The van der Waals surface area contributed by atoms with E-state index in [0.717, 1.165) is 54.8 Å². The number of allylic oxidation sites excluding steroid dienone is 3. The van der Waals surface area contributed by atoms with Crippen molar-refractivity contribution >= 4 is 5.97 Å². The molecule has 4 aliphatic heterocycles. The van der Waals surface area contributed by atoms with E-state index in [4.69, 9.17) is 28.4 Å². The molecule has 0 saturated heterocycles. The van der Waals surface area contributed by atoms with Crippen LogP contribution in [0, 0.1) is 0 Å². The summed E-state index contributed by atoms with van der Waals surface area (Å²) in [5.41, 5.74) is 6.61. The highest BCUT2D eigenvalue weighted by Crippen LogP contribution is 2.52. The number of carbonyl (C=O) groups is 1. The van der Waals surface area contributed by atoms with E-state index in [9.17, 15) is 4.79 Å². The van der Waals surface area contributed by atoms with Gasteiger partial charge in [0.25, 0.3) is 0 Å². The van der Waals surface area contributed by atoms with Crippen LogP contribution < -0.4 is 28.4 Å². The number of ether oxygens (including phenoxy) is 6. The minimum Gasteiger partial charge on any atom is -0.493 e. The zero-order chi connectivity index (χ0) is 36.4. The highest BCUT2D eigenvalue weighted by molar-refractivity contribution is 5.86. The van der Waals surface area contributed by atoms with Crippen LogP contribution in [0.5, 0.6) is 46.0 Å². The van der Waals surface area contributed by atoms with Crippen molar-refractivity contribution in [3.8, 4) is 46.0 Å². The standard InChI is InChI=1S/C43H46N2O7/c1-7-8-9-10-40(46)52-42-39(49-6)25-30-18-20-45(3)34-22-28-13-16-35(47-4)37(23-28)50-31-14-11-27(12-15-31)21-33-32-26-38(51-43(42)41(30)34)36(48-5)24-29(32)17-19-44(33)2/h7-16,23-26,33-34H,17-22H2,1-6H3/b8-7+,10-9+/t33-,34-/m0/s1. The summed E-state index contributed by atoms with van der Waals surface area (Å²) >= 11 is 0. The number of nitrogens with zero attached hydrogens (tertiary/aromatic N) is 2. The minimum atomic E-state index is -0.543. The third-order valence-electron chi connectivity index (χ3n) is 10.4. The summed E-state index contributed by atoms with van der Waals surface area (Å²) in [5, 5.41) is 0. The van der Waals surface area contributed by atoms with Gasteiger partial charge in [0, 0.05) is 36.8 Å². The summed E-state index contributed by atoms with van der Waals surface area (Å²) in [4.78, 5) is 18.0. The van der Waals surface area contributed by atoms with Crippen LogP contribution >= 0.6 is 0 Å². The number of carbonyl (C=O) groups excluding carboxylic acids is 1. The second kappa shape index (κ2) is 15.2.